The molecule has 0 spiro atoms. The first-order valence-corrected chi connectivity index (χ1v) is 10.9. The first kappa shape index (κ1) is 18.4. The molecule has 2 fully saturated rings. The van der Waals surface area contributed by atoms with Crippen LogP contribution in [0.3, 0.4) is 0 Å². The lowest BCUT2D eigenvalue weighted by atomic mass is 9.98. The van der Waals surface area contributed by atoms with Gasteiger partial charge in [0.15, 0.2) is 0 Å². The molecule has 2 amide bonds. The molecule has 3 heterocycles. The van der Waals surface area contributed by atoms with Gasteiger partial charge in [-0.2, -0.15) is 0 Å². The van der Waals surface area contributed by atoms with Crippen LogP contribution in [0.4, 0.5) is 0 Å². The minimum atomic E-state index is 0.179. The van der Waals surface area contributed by atoms with Crippen molar-refractivity contribution in [2.24, 2.45) is 0 Å². The van der Waals surface area contributed by atoms with E-state index >= 15 is 0 Å². The SMILES string of the molecule is O=C1CCCCCN1CCC(=O)N1CCCC(c2nc3ccccc3s2)C1. The minimum Gasteiger partial charge on any atom is -0.342 e. The van der Waals surface area contributed by atoms with Crippen LogP contribution in [0.2, 0.25) is 0 Å². The summed E-state index contributed by atoms with van der Waals surface area (Å²) in [5.41, 5.74) is 1.06. The second-order valence-electron chi connectivity index (χ2n) is 7.64. The highest BCUT2D eigenvalue weighted by Gasteiger charge is 2.27. The number of nitrogens with zero attached hydrogens (tertiary/aromatic N) is 3. The summed E-state index contributed by atoms with van der Waals surface area (Å²) in [5.74, 6) is 0.726. The topological polar surface area (TPSA) is 53.5 Å². The Hall–Kier alpha value is -1.95. The van der Waals surface area contributed by atoms with E-state index in [-0.39, 0.29) is 11.8 Å². The number of rotatable bonds is 4. The van der Waals surface area contributed by atoms with Crippen molar-refractivity contribution in [3.8, 4) is 0 Å². The molecule has 2 saturated heterocycles. The lowest BCUT2D eigenvalue weighted by Gasteiger charge is -2.32. The van der Waals surface area contributed by atoms with Crippen LogP contribution in [0.1, 0.15) is 55.9 Å². The number of para-hydroxylation sites is 1. The van der Waals surface area contributed by atoms with Crippen LogP contribution in [-0.4, -0.2) is 52.8 Å². The Morgan fingerprint density at radius 1 is 1.15 bits per heavy atom. The van der Waals surface area contributed by atoms with Gasteiger partial charge < -0.3 is 9.80 Å². The van der Waals surface area contributed by atoms with Crippen molar-refractivity contribution in [2.45, 2.75) is 50.9 Å². The van der Waals surface area contributed by atoms with Gasteiger partial charge in [0.25, 0.3) is 0 Å². The van der Waals surface area contributed by atoms with E-state index in [2.05, 4.69) is 12.1 Å². The third-order valence-corrected chi connectivity index (χ3v) is 6.90. The number of hydrogen-bond donors (Lipinski definition) is 0. The molecule has 1 unspecified atom stereocenters. The van der Waals surface area contributed by atoms with Gasteiger partial charge in [-0.05, 0) is 37.8 Å². The number of amides is 2. The zero-order chi connectivity index (χ0) is 18.6. The molecule has 1 aromatic heterocycles. The Labute approximate surface area is 164 Å². The summed E-state index contributed by atoms with van der Waals surface area (Å²) >= 11 is 1.75. The van der Waals surface area contributed by atoms with Crippen molar-refractivity contribution in [1.82, 2.24) is 14.8 Å². The largest absolute Gasteiger partial charge is 0.342 e. The summed E-state index contributed by atoms with van der Waals surface area (Å²) in [7, 11) is 0. The van der Waals surface area contributed by atoms with E-state index in [1.54, 1.807) is 11.3 Å². The average molecular weight is 386 g/mol. The molecule has 0 N–H and O–H groups in total. The number of carbonyl (C=O) groups excluding carboxylic acids is 2. The summed E-state index contributed by atoms with van der Waals surface area (Å²) in [6, 6.07) is 8.23. The van der Waals surface area contributed by atoms with Crippen LogP contribution in [0.5, 0.6) is 0 Å². The van der Waals surface area contributed by atoms with E-state index < -0.39 is 0 Å². The van der Waals surface area contributed by atoms with Gasteiger partial charge in [0.1, 0.15) is 0 Å². The fourth-order valence-electron chi connectivity index (χ4n) is 4.13. The average Bonchev–Trinajstić information content (AvgIpc) is 3.03. The van der Waals surface area contributed by atoms with Crippen molar-refractivity contribution >= 4 is 33.4 Å². The van der Waals surface area contributed by atoms with Crippen molar-refractivity contribution in [1.29, 1.82) is 0 Å². The predicted octanol–water partition coefficient (Wildman–Crippen LogP) is 3.80. The molecule has 2 aliphatic rings. The number of aromatic nitrogens is 1. The first-order valence-electron chi connectivity index (χ1n) is 10.1. The number of hydrogen-bond acceptors (Lipinski definition) is 4. The van der Waals surface area contributed by atoms with Gasteiger partial charge in [0, 0.05) is 44.9 Å². The molecule has 0 aliphatic carbocycles. The number of likely N-dealkylation sites (tertiary alicyclic amines) is 2. The van der Waals surface area contributed by atoms with Gasteiger partial charge in [0.05, 0.1) is 15.2 Å². The van der Waals surface area contributed by atoms with Gasteiger partial charge in [-0.25, -0.2) is 4.98 Å². The van der Waals surface area contributed by atoms with Gasteiger partial charge in [0.2, 0.25) is 11.8 Å². The van der Waals surface area contributed by atoms with Crippen LogP contribution in [0.15, 0.2) is 24.3 Å². The number of piperidine rings is 1. The molecular formula is C21H27N3O2S. The highest BCUT2D eigenvalue weighted by Crippen LogP contribution is 2.33. The summed E-state index contributed by atoms with van der Waals surface area (Å²) in [5, 5.41) is 1.15. The van der Waals surface area contributed by atoms with E-state index in [0.717, 1.165) is 62.3 Å². The van der Waals surface area contributed by atoms with Gasteiger partial charge >= 0.3 is 0 Å². The van der Waals surface area contributed by atoms with E-state index in [4.69, 9.17) is 4.98 Å². The van der Waals surface area contributed by atoms with Crippen LogP contribution in [0.25, 0.3) is 10.2 Å². The fraction of sp³-hybridized carbons (Fsp3) is 0.571. The van der Waals surface area contributed by atoms with Crippen LogP contribution in [0, 0.1) is 0 Å². The Morgan fingerprint density at radius 2 is 2.04 bits per heavy atom. The molecule has 1 atom stereocenters. The van der Waals surface area contributed by atoms with Crippen molar-refractivity contribution in [2.75, 3.05) is 26.2 Å². The lowest BCUT2D eigenvalue weighted by Crippen LogP contribution is -2.41. The van der Waals surface area contributed by atoms with Gasteiger partial charge in [-0.15, -0.1) is 11.3 Å². The zero-order valence-electron chi connectivity index (χ0n) is 15.7. The Kier molecular flexibility index (Phi) is 5.72. The van der Waals surface area contributed by atoms with Crippen molar-refractivity contribution in [3.05, 3.63) is 29.3 Å². The quantitative estimate of drug-likeness (QED) is 0.804. The Balaban J connectivity index is 1.35. The van der Waals surface area contributed by atoms with E-state index in [1.165, 1.54) is 4.70 Å². The molecule has 4 rings (SSSR count). The maximum absolute atomic E-state index is 12.8. The van der Waals surface area contributed by atoms with Crippen molar-refractivity contribution in [3.63, 3.8) is 0 Å². The number of thiazole rings is 1. The monoisotopic (exact) mass is 385 g/mol. The molecule has 0 radical (unpaired) electrons. The number of benzene rings is 1. The Morgan fingerprint density at radius 3 is 2.93 bits per heavy atom. The van der Waals surface area contributed by atoms with Gasteiger partial charge in [-0.1, -0.05) is 18.6 Å². The van der Waals surface area contributed by atoms with Crippen molar-refractivity contribution < 1.29 is 9.59 Å². The third-order valence-electron chi connectivity index (χ3n) is 5.70. The summed E-state index contributed by atoms with van der Waals surface area (Å²) in [6.45, 7) is 2.96. The predicted molar refractivity (Wildman–Crippen MR) is 108 cm³/mol. The fourth-order valence-corrected chi connectivity index (χ4v) is 5.23. The van der Waals surface area contributed by atoms with E-state index in [1.807, 2.05) is 21.9 Å². The summed E-state index contributed by atoms with van der Waals surface area (Å²) in [4.78, 5) is 33.5. The standard InChI is InChI=1S/C21H27N3O2S/c25-19-10-2-1-5-12-23(19)14-11-20(26)24-13-6-7-16(15-24)21-22-17-8-3-4-9-18(17)27-21/h3-4,8-9,16H,1-2,5-7,10-15H2. The zero-order valence-corrected chi connectivity index (χ0v) is 16.5. The molecular weight excluding hydrogens is 358 g/mol. The van der Waals surface area contributed by atoms with Crippen LogP contribution >= 0.6 is 11.3 Å². The van der Waals surface area contributed by atoms with Crippen LogP contribution in [-0.2, 0) is 9.59 Å². The second-order valence-corrected chi connectivity index (χ2v) is 8.70. The maximum atomic E-state index is 12.8. The minimum absolute atomic E-state index is 0.179. The number of carbonyl (C=O) groups is 2. The molecule has 5 nitrogen and oxygen atoms in total. The molecule has 6 heteroatoms. The maximum Gasteiger partial charge on any atom is 0.224 e. The number of fused-ring (bicyclic) bond motifs is 1. The molecule has 0 bridgehead atoms. The summed E-state index contributed by atoms with van der Waals surface area (Å²) < 4.78 is 1.22. The lowest BCUT2D eigenvalue weighted by molar-refractivity contribution is -0.134. The molecule has 1 aromatic carbocycles. The van der Waals surface area contributed by atoms with E-state index in [0.29, 0.717) is 25.3 Å². The second kappa shape index (κ2) is 8.38. The molecule has 2 aliphatic heterocycles. The molecule has 27 heavy (non-hydrogen) atoms. The third kappa shape index (κ3) is 4.32. The molecule has 0 saturated carbocycles. The van der Waals surface area contributed by atoms with E-state index in [9.17, 15) is 9.59 Å². The van der Waals surface area contributed by atoms with Gasteiger partial charge in [-0.3, -0.25) is 9.59 Å². The highest BCUT2D eigenvalue weighted by molar-refractivity contribution is 7.18. The highest BCUT2D eigenvalue weighted by atomic mass is 32.1. The van der Waals surface area contributed by atoms with Crippen LogP contribution < -0.4 is 0 Å². The summed E-state index contributed by atoms with van der Waals surface area (Å²) in [6.07, 6.45) is 6.35. The molecule has 144 valence electrons. The molecule has 2 aromatic rings. The Bertz CT molecular complexity index is 786. The normalized spacial score (nSPS) is 21.5. The smallest absolute Gasteiger partial charge is 0.224 e. The first-order chi connectivity index (χ1) is 13.2.